The van der Waals surface area contributed by atoms with E-state index in [9.17, 15) is 9.59 Å². The predicted octanol–water partition coefficient (Wildman–Crippen LogP) is 2.37. The third-order valence-corrected chi connectivity index (χ3v) is 3.71. The first-order valence-corrected chi connectivity index (χ1v) is 7.04. The van der Waals surface area contributed by atoms with E-state index in [0.29, 0.717) is 19.5 Å². The van der Waals surface area contributed by atoms with E-state index in [0.717, 1.165) is 25.7 Å². The van der Waals surface area contributed by atoms with Crippen LogP contribution in [0.5, 0.6) is 0 Å². The molecule has 1 aliphatic carbocycles. The molecule has 1 saturated carbocycles. The molecule has 0 aliphatic heterocycles. The second kappa shape index (κ2) is 8.11. The summed E-state index contributed by atoms with van der Waals surface area (Å²) in [5, 5.41) is 0. The summed E-state index contributed by atoms with van der Waals surface area (Å²) >= 11 is 0. The average molecular weight is 255 g/mol. The Labute approximate surface area is 110 Å². The number of carbonyl (C=O) groups excluding carboxylic acids is 2. The summed E-state index contributed by atoms with van der Waals surface area (Å²) in [5.74, 6) is 0.149. The van der Waals surface area contributed by atoms with Crippen molar-refractivity contribution in [2.24, 2.45) is 5.92 Å². The van der Waals surface area contributed by atoms with Gasteiger partial charge in [0.25, 0.3) is 0 Å². The van der Waals surface area contributed by atoms with Gasteiger partial charge in [0.1, 0.15) is 0 Å². The Morgan fingerprint density at radius 1 is 1.17 bits per heavy atom. The molecule has 0 saturated heterocycles. The standard InChI is InChI=1S/C14H25NO3/c1-3-15(11-10-13(16)18-2)14(17)12-8-6-4-5-7-9-12/h12H,3-11H2,1-2H3. The molecule has 1 aliphatic rings. The number of carbonyl (C=O) groups is 2. The number of esters is 1. The largest absolute Gasteiger partial charge is 0.469 e. The summed E-state index contributed by atoms with van der Waals surface area (Å²) in [6.07, 6.45) is 7.12. The lowest BCUT2D eigenvalue weighted by Gasteiger charge is -2.25. The van der Waals surface area contributed by atoms with E-state index in [1.165, 1.54) is 20.0 Å². The lowest BCUT2D eigenvalue weighted by atomic mass is 9.98. The van der Waals surface area contributed by atoms with E-state index in [1.54, 1.807) is 4.90 Å². The van der Waals surface area contributed by atoms with Crippen LogP contribution in [-0.4, -0.2) is 37.0 Å². The van der Waals surface area contributed by atoms with Crippen molar-refractivity contribution in [2.45, 2.75) is 51.9 Å². The number of methoxy groups -OCH3 is 1. The molecule has 0 aromatic heterocycles. The molecule has 0 N–H and O–H groups in total. The second-order valence-corrected chi connectivity index (χ2v) is 4.93. The Morgan fingerprint density at radius 3 is 2.28 bits per heavy atom. The molecule has 0 bridgehead atoms. The quantitative estimate of drug-likeness (QED) is 0.559. The average Bonchev–Trinajstić information content (AvgIpc) is 2.67. The molecule has 0 aromatic rings. The summed E-state index contributed by atoms with van der Waals surface area (Å²) in [6.45, 7) is 3.12. The molecule has 4 nitrogen and oxygen atoms in total. The second-order valence-electron chi connectivity index (χ2n) is 4.93. The van der Waals surface area contributed by atoms with Crippen LogP contribution in [0.1, 0.15) is 51.9 Å². The first kappa shape index (κ1) is 15.0. The van der Waals surface area contributed by atoms with Crippen LogP contribution in [0.3, 0.4) is 0 Å². The minimum Gasteiger partial charge on any atom is -0.469 e. The minimum atomic E-state index is -0.248. The molecule has 0 unspecified atom stereocenters. The molecule has 0 atom stereocenters. The van der Waals surface area contributed by atoms with Crippen LogP contribution >= 0.6 is 0 Å². The lowest BCUT2D eigenvalue weighted by Crippen LogP contribution is -2.37. The molecule has 1 fully saturated rings. The number of rotatable bonds is 5. The highest BCUT2D eigenvalue weighted by Gasteiger charge is 2.24. The van der Waals surface area contributed by atoms with Crippen molar-refractivity contribution >= 4 is 11.9 Å². The third-order valence-electron chi connectivity index (χ3n) is 3.71. The molecule has 0 aromatic carbocycles. The maximum atomic E-state index is 12.4. The Hall–Kier alpha value is -1.06. The van der Waals surface area contributed by atoms with Crippen molar-refractivity contribution < 1.29 is 14.3 Å². The van der Waals surface area contributed by atoms with Gasteiger partial charge in [-0.2, -0.15) is 0 Å². The van der Waals surface area contributed by atoms with Crippen LogP contribution in [0.2, 0.25) is 0 Å². The van der Waals surface area contributed by atoms with Gasteiger partial charge < -0.3 is 9.64 Å². The highest BCUT2D eigenvalue weighted by molar-refractivity contribution is 5.79. The van der Waals surface area contributed by atoms with Gasteiger partial charge in [0, 0.05) is 19.0 Å². The third kappa shape index (κ3) is 4.67. The number of nitrogens with zero attached hydrogens (tertiary/aromatic N) is 1. The fourth-order valence-electron chi connectivity index (χ4n) is 2.54. The highest BCUT2D eigenvalue weighted by atomic mass is 16.5. The van der Waals surface area contributed by atoms with E-state index in [2.05, 4.69) is 4.74 Å². The monoisotopic (exact) mass is 255 g/mol. The normalized spacial score (nSPS) is 17.0. The summed E-state index contributed by atoms with van der Waals surface area (Å²) in [7, 11) is 1.38. The number of amides is 1. The molecule has 0 spiro atoms. The predicted molar refractivity (Wildman–Crippen MR) is 70.1 cm³/mol. The van der Waals surface area contributed by atoms with Crippen molar-refractivity contribution in [3.05, 3.63) is 0 Å². The van der Waals surface area contributed by atoms with Gasteiger partial charge in [-0.15, -0.1) is 0 Å². The molecule has 0 radical (unpaired) electrons. The lowest BCUT2D eigenvalue weighted by molar-refractivity contribution is -0.142. The van der Waals surface area contributed by atoms with Gasteiger partial charge in [0.15, 0.2) is 0 Å². The molecular formula is C14H25NO3. The molecule has 1 amide bonds. The Kier molecular flexibility index (Phi) is 6.76. The van der Waals surface area contributed by atoms with Gasteiger partial charge in [-0.1, -0.05) is 25.7 Å². The van der Waals surface area contributed by atoms with Crippen LogP contribution < -0.4 is 0 Å². The first-order chi connectivity index (χ1) is 8.69. The van der Waals surface area contributed by atoms with Gasteiger partial charge in [0.2, 0.25) is 5.91 Å². The molecule has 4 heteroatoms. The van der Waals surface area contributed by atoms with Crippen LogP contribution in [-0.2, 0) is 14.3 Å². The van der Waals surface area contributed by atoms with Crippen molar-refractivity contribution in [3.63, 3.8) is 0 Å². The number of ether oxygens (including phenoxy) is 1. The zero-order chi connectivity index (χ0) is 13.4. The fourth-order valence-corrected chi connectivity index (χ4v) is 2.54. The zero-order valence-electron chi connectivity index (χ0n) is 11.6. The Morgan fingerprint density at radius 2 is 1.78 bits per heavy atom. The van der Waals surface area contributed by atoms with Gasteiger partial charge >= 0.3 is 5.97 Å². The van der Waals surface area contributed by atoms with Gasteiger partial charge in [0.05, 0.1) is 13.5 Å². The molecule has 18 heavy (non-hydrogen) atoms. The van der Waals surface area contributed by atoms with E-state index in [4.69, 9.17) is 0 Å². The van der Waals surface area contributed by atoms with Gasteiger partial charge in [-0.3, -0.25) is 9.59 Å². The van der Waals surface area contributed by atoms with Crippen molar-refractivity contribution in [2.75, 3.05) is 20.2 Å². The smallest absolute Gasteiger partial charge is 0.307 e. The first-order valence-electron chi connectivity index (χ1n) is 7.04. The van der Waals surface area contributed by atoms with E-state index in [-0.39, 0.29) is 17.8 Å². The maximum absolute atomic E-state index is 12.4. The van der Waals surface area contributed by atoms with Crippen LogP contribution in [0.4, 0.5) is 0 Å². The molecule has 104 valence electrons. The van der Waals surface area contributed by atoms with E-state index < -0.39 is 0 Å². The number of hydrogen-bond acceptors (Lipinski definition) is 3. The van der Waals surface area contributed by atoms with E-state index in [1.807, 2.05) is 6.92 Å². The summed E-state index contributed by atoms with van der Waals surface area (Å²) < 4.78 is 4.61. The number of hydrogen-bond donors (Lipinski definition) is 0. The van der Waals surface area contributed by atoms with Crippen LogP contribution in [0, 0.1) is 5.92 Å². The zero-order valence-corrected chi connectivity index (χ0v) is 11.6. The van der Waals surface area contributed by atoms with E-state index >= 15 is 0 Å². The minimum absolute atomic E-state index is 0.171. The van der Waals surface area contributed by atoms with Gasteiger partial charge in [-0.05, 0) is 19.8 Å². The van der Waals surface area contributed by atoms with Crippen molar-refractivity contribution in [3.8, 4) is 0 Å². The maximum Gasteiger partial charge on any atom is 0.307 e. The fraction of sp³-hybridized carbons (Fsp3) is 0.857. The van der Waals surface area contributed by atoms with Crippen LogP contribution in [0.25, 0.3) is 0 Å². The van der Waals surface area contributed by atoms with Gasteiger partial charge in [-0.25, -0.2) is 0 Å². The summed E-state index contributed by atoms with van der Waals surface area (Å²) in [6, 6.07) is 0. The molecule has 0 heterocycles. The highest BCUT2D eigenvalue weighted by Crippen LogP contribution is 2.24. The Balaban J connectivity index is 2.46. The Bertz CT molecular complexity index is 270. The van der Waals surface area contributed by atoms with Crippen molar-refractivity contribution in [1.29, 1.82) is 0 Å². The van der Waals surface area contributed by atoms with Crippen molar-refractivity contribution in [1.82, 2.24) is 4.90 Å². The topological polar surface area (TPSA) is 46.6 Å². The molecule has 1 rings (SSSR count). The molecular weight excluding hydrogens is 230 g/mol. The summed E-state index contributed by atoms with van der Waals surface area (Å²) in [5.41, 5.74) is 0. The van der Waals surface area contributed by atoms with Crippen LogP contribution in [0.15, 0.2) is 0 Å². The summed E-state index contributed by atoms with van der Waals surface area (Å²) in [4.78, 5) is 25.3. The SMILES string of the molecule is CCN(CCC(=O)OC)C(=O)C1CCCCCC1.